The van der Waals surface area contributed by atoms with Crippen molar-refractivity contribution >= 4 is 47.3 Å². The third-order valence-corrected chi connectivity index (χ3v) is 7.58. The molecule has 0 radical (unpaired) electrons. The molecule has 18 heteroatoms. The molecular weight excluding hydrogens is 652 g/mol. The van der Waals surface area contributed by atoms with Crippen LogP contribution in [-0.2, 0) is 51.2 Å². The van der Waals surface area contributed by atoms with Crippen LogP contribution >= 0.6 is 0 Å². The Balaban J connectivity index is 1.94. The number of rotatable bonds is 10. The SMILES string of the molecule is CCCC(=O)N[C@H]1CCC(=O)NCC[C@@H](C(=O)NCC(N)=O)NC(=O)CNC(=O)[C@@H](Cc2ccccc2)NC(=O)[C@H](Cc2cnc[nH]2)NC1=O. The summed E-state index contributed by atoms with van der Waals surface area (Å²) in [5.74, 6) is -5.48. The van der Waals surface area contributed by atoms with E-state index in [4.69, 9.17) is 5.73 Å². The Bertz CT molecular complexity index is 1500. The van der Waals surface area contributed by atoms with Crippen molar-refractivity contribution in [2.45, 2.75) is 76.0 Å². The van der Waals surface area contributed by atoms with Crippen LogP contribution in [0, 0.1) is 0 Å². The molecule has 50 heavy (non-hydrogen) atoms. The van der Waals surface area contributed by atoms with Gasteiger partial charge in [0.05, 0.1) is 19.4 Å². The van der Waals surface area contributed by atoms with Crippen molar-refractivity contribution in [2.75, 3.05) is 19.6 Å². The van der Waals surface area contributed by atoms with Gasteiger partial charge in [-0.2, -0.15) is 0 Å². The smallest absolute Gasteiger partial charge is 0.243 e. The second kappa shape index (κ2) is 19.9. The number of carbonyl (C=O) groups is 8. The first-order chi connectivity index (χ1) is 23.9. The minimum Gasteiger partial charge on any atom is -0.368 e. The fourth-order valence-corrected chi connectivity index (χ4v) is 5.01. The van der Waals surface area contributed by atoms with Gasteiger partial charge in [0.1, 0.15) is 24.2 Å². The summed E-state index contributed by atoms with van der Waals surface area (Å²) in [5, 5.41) is 17.8. The highest BCUT2D eigenvalue weighted by Crippen LogP contribution is 2.08. The van der Waals surface area contributed by atoms with Crippen LogP contribution in [0.4, 0.5) is 0 Å². The van der Waals surface area contributed by atoms with Gasteiger partial charge in [0.2, 0.25) is 47.3 Å². The van der Waals surface area contributed by atoms with Crippen molar-refractivity contribution in [2.24, 2.45) is 5.73 Å². The maximum absolute atomic E-state index is 13.8. The number of nitrogens with two attached hydrogens (primary N) is 1. The third-order valence-electron chi connectivity index (χ3n) is 7.58. The number of carbonyl (C=O) groups excluding carboxylic acids is 8. The Morgan fingerprint density at radius 2 is 1.60 bits per heavy atom. The van der Waals surface area contributed by atoms with Crippen molar-refractivity contribution in [3.63, 3.8) is 0 Å². The van der Waals surface area contributed by atoms with E-state index < -0.39 is 84.5 Å². The monoisotopic (exact) mass is 696 g/mol. The summed E-state index contributed by atoms with van der Waals surface area (Å²) in [4.78, 5) is 110. The molecule has 3 rings (SSSR count). The lowest BCUT2D eigenvalue weighted by atomic mass is 10.0. The van der Waals surface area contributed by atoms with Crippen molar-refractivity contribution in [3.05, 3.63) is 54.1 Å². The molecule has 0 unspecified atom stereocenters. The molecule has 0 saturated carbocycles. The van der Waals surface area contributed by atoms with Crippen molar-refractivity contribution < 1.29 is 38.4 Å². The molecule has 2 aromatic rings. The zero-order valence-electron chi connectivity index (χ0n) is 27.7. The Hall–Kier alpha value is -5.81. The highest BCUT2D eigenvalue weighted by Gasteiger charge is 2.31. The maximum atomic E-state index is 13.8. The molecule has 270 valence electrons. The first-order valence-electron chi connectivity index (χ1n) is 16.3. The molecule has 1 aliphatic heterocycles. The summed E-state index contributed by atoms with van der Waals surface area (Å²) in [5.41, 5.74) is 6.30. The van der Waals surface area contributed by atoms with E-state index in [0.717, 1.165) is 0 Å². The van der Waals surface area contributed by atoms with Gasteiger partial charge in [-0.3, -0.25) is 38.4 Å². The summed E-state index contributed by atoms with van der Waals surface area (Å²) in [6.07, 6.45) is 2.99. The number of hydrogen-bond acceptors (Lipinski definition) is 9. The van der Waals surface area contributed by atoms with Gasteiger partial charge >= 0.3 is 0 Å². The lowest BCUT2D eigenvalue weighted by Crippen LogP contribution is -2.58. The van der Waals surface area contributed by atoms with Gasteiger partial charge in [-0.15, -0.1) is 0 Å². The van der Waals surface area contributed by atoms with Crippen molar-refractivity contribution in [1.82, 2.24) is 47.2 Å². The highest BCUT2D eigenvalue weighted by atomic mass is 16.2. The minimum absolute atomic E-state index is 0.0202. The number of aromatic amines is 1. The third kappa shape index (κ3) is 13.4. The van der Waals surface area contributed by atoms with Crippen LogP contribution in [-0.4, -0.2) is 101 Å². The Morgan fingerprint density at radius 1 is 0.880 bits per heavy atom. The van der Waals surface area contributed by atoms with Gasteiger partial charge in [0.15, 0.2) is 0 Å². The zero-order chi connectivity index (χ0) is 36.5. The first kappa shape index (κ1) is 38.6. The Labute approximate surface area is 288 Å². The number of nitrogens with one attached hydrogen (secondary N) is 8. The number of aromatic nitrogens is 2. The van der Waals surface area contributed by atoms with Crippen LogP contribution < -0.4 is 43.0 Å². The second-order valence-electron chi connectivity index (χ2n) is 11.7. The quantitative estimate of drug-likeness (QED) is 0.122. The second-order valence-corrected chi connectivity index (χ2v) is 11.7. The molecule has 0 aliphatic carbocycles. The zero-order valence-corrected chi connectivity index (χ0v) is 27.7. The topological polar surface area (TPSA) is 275 Å². The van der Waals surface area contributed by atoms with E-state index in [0.29, 0.717) is 17.7 Å². The number of imidazole rings is 1. The molecular formula is C32H44N10O8. The Morgan fingerprint density at radius 3 is 2.28 bits per heavy atom. The Kier molecular flexibility index (Phi) is 15.4. The molecule has 10 N–H and O–H groups in total. The number of H-pyrrole nitrogens is 1. The van der Waals surface area contributed by atoms with Gasteiger partial charge < -0.3 is 47.9 Å². The average molecular weight is 697 g/mol. The van der Waals surface area contributed by atoms with E-state index in [-0.39, 0.29) is 45.1 Å². The van der Waals surface area contributed by atoms with Crippen LogP contribution in [0.15, 0.2) is 42.9 Å². The molecule has 0 bridgehead atoms. The standard InChI is InChI=1S/C32H44N10O8/c1-2-6-27(45)39-21-9-10-26(44)35-12-11-22(29(47)36-16-25(33)43)40-28(46)17-37-30(48)23(13-19-7-4-3-5-8-19)41-32(50)24(42-31(21)49)14-20-15-34-18-38-20/h3-5,7-8,15,18,21-24H,2,6,9-14,16-17H2,1H3,(H2,33,43)(H,34,38)(H,35,44)(H,36,47)(H,37,48)(H,39,45)(H,40,46)(H,41,50)(H,42,49)/t21-,22-,23+,24-/m0/s1. The number of nitrogens with zero attached hydrogens (tertiary/aromatic N) is 1. The van der Waals surface area contributed by atoms with Gasteiger partial charge in [0.25, 0.3) is 0 Å². The molecule has 1 saturated heterocycles. The number of amides is 8. The summed E-state index contributed by atoms with van der Waals surface area (Å²) < 4.78 is 0. The lowest BCUT2D eigenvalue weighted by molar-refractivity contribution is -0.134. The van der Waals surface area contributed by atoms with Crippen LogP contribution in [0.3, 0.4) is 0 Å². The number of hydrogen-bond donors (Lipinski definition) is 9. The highest BCUT2D eigenvalue weighted by molar-refractivity contribution is 5.96. The number of benzene rings is 1. The summed E-state index contributed by atoms with van der Waals surface area (Å²) in [6.45, 7) is 0.613. The van der Waals surface area contributed by atoms with Crippen molar-refractivity contribution in [1.29, 1.82) is 0 Å². The van der Waals surface area contributed by atoms with E-state index in [1.807, 2.05) is 0 Å². The van der Waals surface area contributed by atoms with Gasteiger partial charge in [-0.1, -0.05) is 37.3 Å². The van der Waals surface area contributed by atoms with Crippen LogP contribution in [0.5, 0.6) is 0 Å². The van der Waals surface area contributed by atoms with E-state index in [1.54, 1.807) is 37.3 Å². The molecule has 18 nitrogen and oxygen atoms in total. The van der Waals surface area contributed by atoms with Crippen LogP contribution in [0.1, 0.15) is 50.3 Å². The maximum Gasteiger partial charge on any atom is 0.243 e. The lowest BCUT2D eigenvalue weighted by Gasteiger charge is -2.25. The fraction of sp³-hybridized carbons (Fsp3) is 0.469. The largest absolute Gasteiger partial charge is 0.368 e. The summed E-state index contributed by atoms with van der Waals surface area (Å²) in [6, 6.07) is 3.90. The van der Waals surface area contributed by atoms with Crippen LogP contribution in [0.2, 0.25) is 0 Å². The first-order valence-corrected chi connectivity index (χ1v) is 16.3. The van der Waals surface area contributed by atoms with E-state index >= 15 is 0 Å². The molecule has 2 heterocycles. The molecule has 1 fully saturated rings. The molecule has 0 spiro atoms. The molecule has 8 amide bonds. The van der Waals surface area contributed by atoms with E-state index in [2.05, 4.69) is 47.2 Å². The normalized spacial score (nSPS) is 21.4. The van der Waals surface area contributed by atoms with E-state index in [9.17, 15) is 38.4 Å². The van der Waals surface area contributed by atoms with Gasteiger partial charge in [-0.05, 0) is 24.8 Å². The number of primary amides is 1. The molecule has 1 aromatic carbocycles. The average Bonchev–Trinajstić information content (AvgIpc) is 3.60. The summed E-state index contributed by atoms with van der Waals surface area (Å²) in [7, 11) is 0. The molecule has 1 aliphatic rings. The molecule has 4 atom stereocenters. The van der Waals surface area contributed by atoms with Gasteiger partial charge in [-0.25, -0.2) is 4.98 Å². The summed E-state index contributed by atoms with van der Waals surface area (Å²) >= 11 is 0. The van der Waals surface area contributed by atoms with E-state index in [1.165, 1.54) is 12.5 Å². The minimum atomic E-state index is -1.25. The predicted molar refractivity (Wildman–Crippen MR) is 177 cm³/mol. The van der Waals surface area contributed by atoms with Crippen LogP contribution in [0.25, 0.3) is 0 Å². The van der Waals surface area contributed by atoms with Crippen molar-refractivity contribution in [3.8, 4) is 0 Å². The molecule has 1 aromatic heterocycles. The predicted octanol–water partition coefficient (Wildman–Crippen LogP) is -3.05. The fourth-order valence-electron chi connectivity index (χ4n) is 5.01. The van der Waals surface area contributed by atoms with Gasteiger partial charge in [0, 0.05) is 44.1 Å².